The SMILES string of the molecule is Cc1ccc(S(=O)(=O)CCC(=O)N[C@H](C)c2ccc(Cl)cc2)cc1. The van der Waals surface area contributed by atoms with Gasteiger partial charge < -0.3 is 5.32 Å². The average molecular weight is 366 g/mol. The van der Waals surface area contributed by atoms with Gasteiger partial charge in [-0.3, -0.25) is 4.79 Å². The summed E-state index contributed by atoms with van der Waals surface area (Å²) in [6.45, 7) is 3.73. The van der Waals surface area contributed by atoms with E-state index in [-0.39, 0.29) is 29.0 Å². The molecule has 0 fully saturated rings. The Hall–Kier alpha value is -1.85. The molecule has 0 saturated carbocycles. The largest absolute Gasteiger partial charge is 0.350 e. The molecule has 0 aliphatic rings. The van der Waals surface area contributed by atoms with Crippen LogP contribution < -0.4 is 5.32 Å². The van der Waals surface area contributed by atoms with Crippen LogP contribution in [-0.2, 0) is 14.6 Å². The molecule has 0 saturated heterocycles. The molecule has 1 atom stereocenters. The Morgan fingerprint density at radius 3 is 2.25 bits per heavy atom. The normalized spacial score (nSPS) is 12.6. The van der Waals surface area contributed by atoms with Gasteiger partial charge in [-0.25, -0.2) is 8.42 Å². The standard InChI is InChI=1S/C18H20ClNO3S/c1-13-3-9-17(10-4-13)24(22,23)12-11-18(21)20-14(2)15-5-7-16(19)8-6-15/h3-10,14H,11-12H2,1-2H3,(H,20,21)/t14-/m1/s1. The third-order valence-corrected chi connectivity index (χ3v) is 5.71. The van der Waals surface area contributed by atoms with Crippen LogP contribution in [0.2, 0.25) is 5.02 Å². The predicted octanol–water partition coefficient (Wildman–Crippen LogP) is 3.69. The van der Waals surface area contributed by atoms with E-state index >= 15 is 0 Å². The van der Waals surface area contributed by atoms with Crippen molar-refractivity contribution < 1.29 is 13.2 Å². The number of halogens is 1. The van der Waals surface area contributed by atoms with Crippen LogP contribution >= 0.6 is 11.6 Å². The summed E-state index contributed by atoms with van der Waals surface area (Å²) in [5.74, 6) is -0.511. The summed E-state index contributed by atoms with van der Waals surface area (Å²) in [6, 6.07) is 13.6. The zero-order chi connectivity index (χ0) is 17.7. The van der Waals surface area contributed by atoms with Crippen LogP contribution in [0.5, 0.6) is 0 Å². The molecule has 24 heavy (non-hydrogen) atoms. The molecule has 0 bridgehead atoms. The molecule has 0 spiro atoms. The van der Waals surface area contributed by atoms with Gasteiger partial charge in [-0.05, 0) is 43.7 Å². The van der Waals surface area contributed by atoms with Crippen molar-refractivity contribution in [2.75, 3.05) is 5.75 Å². The number of hydrogen-bond acceptors (Lipinski definition) is 3. The van der Waals surface area contributed by atoms with Crippen molar-refractivity contribution in [1.82, 2.24) is 5.32 Å². The number of sulfone groups is 1. The second kappa shape index (κ2) is 7.81. The van der Waals surface area contributed by atoms with Crippen LogP contribution in [-0.4, -0.2) is 20.1 Å². The third-order valence-electron chi connectivity index (χ3n) is 3.73. The summed E-state index contributed by atoms with van der Waals surface area (Å²) in [7, 11) is -3.46. The van der Waals surface area contributed by atoms with Gasteiger partial charge in [0.05, 0.1) is 16.7 Å². The molecular weight excluding hydrogens is 346 g/mol. The third kappa shape index (κ3) is 5.08. The molecule has 1 N–H and O–H groups in total. The second-order valence-electron chi connectivity index (χ2n) is 5.72. The van der Waals surface area contributed by atoms with Crippen LogP contribution in [0.1, 0.15) is 30.5 Å². The molecule has 4 nitrogen and oxygen atoms in total. The Bertz CT molecular complexity index is 799. The zero-order valence-corrected chi connectivity index (χ0v) is 15.2. The molecule has 0 radical (unpaired) electrons. The van der Waals surface area contributed by atoms with Gasteiger partial charge in [0, 0.05) is 11.4 Å². The van der Waals surface area contributed by atoms with E-state index < -0.39 is 9.84 Å². The van der Waals surface area contributed by atoms with Crippen LogP contribution in [0.3, 0.4) is 0 Å². The van der Waals surface area contributed by atoms with Crippen molar-refractivity contribution in [3.63, 3.8) is 0 Å². The molecule has 0 aliphatic carbocycles. The molecule has 0 aromatic heterocycles. The lowest BCUT2D eigenvalue weighted by atomic mass is 10.1. The molecule has 1 amide bonds. The number of nitrogens with one attached hydrogen (secondary N) is 1. The van der Waals surface area contributed by atoms with E-state index in [1.165, 1.54) is 0 Å². The first-order valence-electron chi connectivity index (χ1n) is 7.62. The summed E-state index contributed by atoms with van der Waals surface area (Å²) < 4.78 is 24.5. The molecule has 0 unspecified atom stereocenters. The summed E-state index contributed by atoms with van der Waals surface area (Å²) in [5.41, 5.74) is 1.90. The first-order valence-corrected chi connectivity index (χ1v) is 9.65. The minimum atomic E-state index is -3.46. The highest BCUT2D eigenvalue weighted by Gasteiger charge is 2.17. The Morgan fingerprint density at radius 1 is 1.08 bits per heavy atom. The highest BCUT2D eigenvalue weighted by molar-refractivity contribution is 7.91. The minimum absolute atomic E-state index is 0.0753. The van der Waals surface area contributed by atoms with Crippen molar-refractivity contribution >= 4 is 27.3 Å². The van der Waals surface area contributed by atoms with Crippen molar-refractivity contribution in [1.29, 1.82) is 0 Å². The zero-order valence-electron chi connectivity index (χ0n) is 13.6. The minimum Gasteiger partial charge on any atom is -0.350 e. The molecular formula is C18H20ClNO3S. The fraction of sp³-hybridized carbons (Fsp3) is 0.278. The first-order chi connectivity index (χ1) is 11.3. The molecule has 6 heteroatoms. The number of rotatable bonds is 6. The Morgan fingerprint density at radius 2 is 1.67 bits per heavy atom. The maximum atomic E-state index is 12.2. The first kappa shape index (κ1) is 18.5. The Labute approximate surface area is 147 Å². The van der Waals surface area contributed by atoms with E-state index in [9.17, 15) is 13.2 Å². The summed E-state index contributed by atoms with van der Waals surface area (Å²) in [5, 5.41) is 3.43. The van der Waals surface area contributed by atoms with Gasteiger partial charge in [-0.2, -0.15) is 0 Å². The van der Waals surface area contributed by atoms with Crippen LogP contribution in [0.25, 0.3) is 0 Å². The maximum Gasteiger partial charge on any atom is 0.221 e. The highest BCUT2D eigenvalue weighted by Crippen LogP contribution is 2.17. The number of carbonyl (C=O) groups excluding carboxylic acids is 1. The van der Waals surface area contributed by atoms with E-state index in [0.29, 0.717) is 5.02 Å². The van der Waals surface area contributed by atoms with Gasteiger partial charge in [0.25, 0.3) is 0 Å². The lowest BCUT2D eigenvalue weighted by Gasteiger charge is -2.14. The van der Waals surface area contributed by atoms with E-state index in [4.69, 9.17) is 11.6 Å². The van der Waals surface area contributed by atoms with Crippen molar-refractivity contribution in [2.24, 2.45) is 0 Å². The van der Waals surface area contributed by atoms with E-state index in [2.05, 4.69) is 5.32 Å². The van der Waals surface area contributed by atoms with Crippen LogP contribution in [0.15, 0.2) is 53.4 Å². The van der Waals surface area contributed by atoms with E-state index in [1.807, 2.05) is 26.0 Å². The van der Waals surface area contributed by atoms with Crippen LogP contribution in [0, 0.1) is 6.92 Å². The number of carbonyl (C=O) groups is 1. The van der Waals surface area contributed by atoms with Gasteiger partial charge in [0.15, 0.2) is 9.84 Å². The topological polar surface area (TPSA) is 63.2 Å². The van der Waals surface area contributed by atoms with Crippen LogP contribution in [0.4, 0.5) is 0 Å². The molecule has 0 heterocycles. The van der Waals surface area contributed by atoms with Gasteiger partial charge in [0.2, 0.25) is 5.91 Å². The monoisotopic (exact) mass is 365 g/mol. The lowest BCUT2D eigenvalue weighted by Crippen LogP contribution is -2.28. The maximum absolute atomic E-state index is 12.2. The molecule has 2 aromatic rings. The van der Waals surface area contributed by atoms with E-state index in [1.54, 1.807) is 36.4 Å². The summed E-state index contributed by atoms with van der Waals surface area (Å²) in [4.78, 5) is 12.3. The predicted molar refractivity (Wildman–Crippen MR) is 95.9 cm³/mol. The van der Waals surface area contributed by atoms with Gasteiger partial charge in [-0.1, -0.05) is 41.4 Å². The Kier molecular flexibility index (Phi) is 6.02. The van der Waals surface area contributed by atoms with Crippen molar-refractivity contribution in [2.45, 2.75) is 31.2 Å². The quantitative estimate of drug-likeness (QED) is 0.849. The van der Waals surface area contributed by atoms with E-state index in [0.717, 1.165) is 11.1 Å². The fourth-order valence-corrected chi connectivity index (χ4v) is 3.61. The van der Waals surface area contributed by atoms with Gasteiger partial charge in [-0.15, -0.1) is 0 Å². The number of amides is 1. The Balaban J connectivity index is 1.92. The fourth-order valence-electron chi connectivity index (χ4n) is 2.24. The number of aryl methyl sites for hydroxylation is 1. The second-order valence-corrected chi connectivity index (χ2v) is 8.27. The molecule has 2 rings (SSSR count). The van der Waals surface area contributed by atoms with Gasteiger partial charge >= 0.3 is 0 Å². The number of benzene rings is 2. The van der Waals surface area contributed by atoms with Crippen molar-refractivity contribution in [3.05, 3.63) is 64.7 Å². The highest BCUT2D eigenvalue weighted by atomic mass is 35.5. The summed E-state index contributed by atoms with van der Waals surface area (Å²) in [6.07, 6.45) is -0.0753. The van der Waals surface area contributed by atoms with Gasteiger partial charge in [0.1, 0.15) is 0 Å². The number of hydrogen-bond donors (Lipinski definition) is 1. The average Bonchev–Trinajstić information content (AvgIpc) is 2.54. The van der Waals surface area contributed by atoms with Crippen molar-refractivity contribution in [3.8, 4) is 0 Å². The molecule has 0 aliphatic heterocycles. The summed E-state index contributed by atoms with van der Waals surface area (Å²) >= 11 is 5.84. The smallest absolute Gasteiger partial charge is 0.221 e. The molecule has 128 valence electrons. The lowest BCUT2D eigenvalue weighted by molar-refractivity contribution is -0.121. The molecule has 2 aromatic carbocycles.